The summed E-state index contributed by atoms with van der Waals surface area (Å²) in [5, 5.41) is 7.56. The number of aryl methyl sites for hydroxylation is 1. The molecule has 154 valence electrons. The highest BCUT2D eigenvalue weighted by molar-refractivity contribution is 5.93. The standard InChI is InChI=1S/C21H26FN5O2/c1-14(28)23-21-8-9-27(12-16(21)11-25(2)13-21)20(29)18-10-19(26(3)24-18)15-4-6-17(22)7-5-15/h4-7,10,16H,8-9,11-13H2,1-3H3,(H,23,28)/t16-,21+/m0/s1. The quantitative estimate of drug-likeness (QED) is 0.850. The van der Waals surface area contributed by atoms with Crippen LogP contribution in [-0.2, 0) is 11.8 Å². The molecule has 2 aliphatic rings. The first-order chi connectivity index (χ1) is 13.8. The molecule has 2 amide bonds. The monoisotopic (exact) mass is 399 g/mol. The Bertz CT molecular complexity index is 941. The van der Waals surface area contributed by atoms with Gasteiger partial charge in [-0.1, -0.05) is 0 Å². The lowest BCUT2D eigenvalue weighted by atomic mass is 9.80. The third kappa shape index (κ3) is 3.64. The number of aromatic nitrogens is 2. The normalized spacial score (nSPS) is 24.4. The maximum Gasteiger partial charge on any atom is 0.274 e. The second-order valence-electron chi connectivity index (χ2n) is 8.28. The minimum Gasteiger partial charge on any atom is -0.349 e. The maximum atomic E-state index is 13.2. The van der Waals surface area contributed by atoms with E-state index in [1.807, 2.05) is 11.9 Å². The molecule has 2 fully saturated rings. The number of likely N-dealkylation sites (tertiary alicyclic amines) is 2. The smallest absolute Gasteiger partial charge is 0.274 e. The van der Waals surface area contributed by atoms with Crippen molar-refractivity contribution in [3.8, 4) is 11.3 Å². The van der Waals surface area contributed by atoms with E-state index in [9.17, 15) is 14.0 Å². The Kier molecular flexibility index (Phi) is 4.90. The summed E-state index contributed by atoms with van der Waals surface area (Å²) >= 11 is 0. The van der Waals surface area contributed by atoms with Crippen molar-refractivity contribution in [2.75, 3.05) is 33.2 Å². The first-order valence-corrected chi connectivity index (χ1v) is 9.84. The molecule has 1 N–H and O–H groups in total. The number of amides is 2. The molecule has 0 aliphatic carbocycles. The zero-order chi connectivity index (χ0) is 20.8. The third-order valence-electron chi connectivity index (χ3n) is 6.09. The van der Waals surface area contributed by atoms with Gasteiger partial charge in [0.05, 0.1) is 11.2 Å². The van der Waals surface area contributed by atoms with Crippen LogP contribution in [-0.4, -0.2) is 70.2 Å². The average molecular weight is 399 g/mol. The summed E-state index contributed by atoms with van der Waals surface area (Å²) in [6.45, 7) is 4.36. The lowest BCUT2D eigenvalue weighted by Gasteiger charge is -2.43. The first-order valence-electron chi connectivity index (χ1n) is 9.84. The molecule has 0 bridgehead atoms. The summed E-state index contributed by atoms with van der Waals surface area (Å²) in [6.07, 6.45) is 0.727. The summed E-state index contributed by atoms with van der Waals surface area (Å²) in [5.41, 5.74) is 1.69. The number of rotatable bonds is 3. The van der Waals surface area contributed by atoms with Crippen molar-refractivity contribution in [1.82, 2.24) is 24.9 Å². The van der Waals surface area contributed by atoms with Gasteiger partial charge < -0.3 is 15.1 Å². The Hall–Kier alpha value is -2.74. The number of halogens is 1. The number of benzene rings is 1. The van der Waals surface area contributed by atoms with Gasteiger partial charge in [0.2, 0.25) is 5.91 Å². The average Bonchev–Trinajstić information content (AvgIpc) is 3.19. The molecule has 7 nitrogen and oxygen atoms in total. The Morgan fingerprint density at radius 2 is 1.93 bits per heavy atom. The molecule has 2 aliphatic heterocycles. The molecule has 3 heterocycles. The molecule has 2 aromatic rings. The van der Waals surface area contributed by atoms with Crippen LogP contribution in [0.1, 0.15) is 23.8 Å². The molecule has 4 rings (SSSR count). The van der Waals surface area contributed by atoms with Gasteiger partial charge in [-0.05, 0) is 49.4 Å². The Labute approximate surface area is 169 Å². The number of nitrogens with one attached hydrogen (secondary N) is 1. The van der Waals surface area contributed by atoms with Crippen LogP contribution in [0, 0.1) is 11.7 Å². The van der Waals surface area contributed by atoms with Crippen LogP contribution in [0.25, 0.3) is 11.3 Å². The van der Waals surface area contributed by atoms with Gasteiger partial charge in [0.25, 0.3) is 5.91 Å². The number of fused-ring (bicyclic) bond motifs is 1. The topological polar surface area (TPSA) is 70.5 Å². The van der Waals surface area contributed by atoms with Crippen molar-refractivity contribution >= 4 is 11.8 Å². The molecule has 29 heavy (non-hydrogen) atoms. The van der Waals surface area contributed by atoms with Crippen molar-refractivity contribution < 1.29 is 14.0 Å². The van der Waals surface area contributed by atoms with Crippen molar-refractivity contribution in [3.05, 3.63) is 41.8 Å². The molecule has 0 saturated carbocycles. The van der Waals surface area contributed by atoms with Crippen LogP contribution in [0.5, 0.6) is 0 Å². The van der Waals surface area contributed by atoms with Gasteiger partial charge in [-0.3, -0.25) is 14.3 Å². The molecular weight excluding hydrogens is 373 g/mol. The van der Waals surface area contributed by atoms with E-state index in [-0.39, 0.29) is 29.1 Å². The minimum atomic E-state index is -0.301. The number of carbonyl (C=O) groups is 2. The van der Waals surface area contributed by atoms with Crippen molar-refractivity contribution in [2.45, 2.75) is 18.9 Å². The fourth-order valence-electron chi connectivity index (χ4n) is 4.80. The van der Waals surface area contributed by atoms with Crippen LogP contribution in [0.4, 0.5) is 4.39 Å². The number of hydrogen-bond donors (Lipinski definition) is 1. The number of hydrogen-bond acceptors (Lipinski definition) is 4. The van der Waals surface area contributed by atoms with E-state index in [2.05, 4.69) is 15.3 Å². The highest BCUT2D eigenvalue weighted by Gasteiger charge is 2.50. The maximum absolute atomic E-state index is 13.2. The van der Waals surface area contributed by atoms with Gasteiger partial charge in [0.15, 0.2) is 5.69 Å². The zero-order valence-electron chi connectivity index (χ0n) is 17.0. The first kappa shape index (κ1) is 19.6. The lowest BCUT2D eigenvalue weighted by molar-refractivity contribution is -0.121. The van der Waals surface area contributed by atoms with Crippen molar-refractivity contribution in [1.29, 1.82) is 0 Å². The molecule has 1 aromatic heterocycles. The molecule has 0 radical (unpaired) electrons. The number of likely N-dealkylation sites (N-methyl/N-ethyl adjacent to an activating group) is 1. The van der Waals surface area contributed by atoms with E-state index in [1.165, 1.54) is 12.1 Å². The molecule has 0 spiro atoms. The number of nitrogens with zero attached hydrogens (tertiary/aromatic N) is 4. The van der Waals surface area contributed by atoms with Crippen molar-refractivity contribution in [2.24, 2.45) is 13.0 Å². The summed E-state index contributed by atoms with van der Waals surface area (Å²) in [5.74, 6) is -0.252. The summed E-state index contributed by atoms with van der Waals surface area (Å²) in [6, 6.07) is 7.90. The predicted octanol–water partition coefficient (Wildman–Crippen LogP) is 1.51. The van der Waals surface area contributed by atoms with Gasteiger partial charge in [0.1, 0.15) is 5.82 Å². The number of piperidine rings is 1. The lowest BCUT2D eigenvalue weighted by Crippen LogP contribution is -2.61. The number of carbonyl (C=O) groups excluding carboxylic acids is 2. The van der Waals surface area contributed by atoms with E-state index in [4.69, 9.17) is 0 Å². The van der Waals surface area contributed by atoms with Gasteiger partial charge in [-0.2, -0.15) is 5.10 Å². The highest BCUT2D eigenvalue weighted by Crippen LogP contribution is 2.35. The van der Waals surface area contributed by atoms with Crippen LogP contribution >= 0.6 is 0 Å². The van der Waals surface area contributed by atoms with Gasteiger partial charge in [-0.25, -0.2) is 4.39 Å². The van der Waals surface area contributed by atoms with Crippen LogP contribution in [0.3, 0.4) is 0 Å². The van der Waals surface area contributed by atoms with E-state index >= 15 is 0 Å². The van der Waals surface area contributed by atoms with E-state index in [0.717, 1.165) is 30.8 Å². The van der Waals surface area contributed by atoms with Crippen LogP contribution in [0.2, 0.25) is 0 Å². The highest BCUT2D eigenvalue weighted by atomic mass is 19.1. The minimum absolute atomic E-state index is 0.0289. The second-order valence-corrected chi connectivity index (χ2v) is 8.28. The molecule has 8 heteroatoms. The molecular formula is C21H26FN5O2. The van der Waals surface area contributed by atoms with Crippen molar-refractivity contribution in [3.63, 3.8) is 0 Å². The predicted molar refractivity (Wildman–Crippen MR) is 107 cm³/mol. The fraction of sp³-hybridized carbons (Fsp3) is 0.476. The van der Waals surface area contributed by atoms with Crippen LogP contribution < -0.4 is 5.32 Å². The molecule has 2 saturated heterocycles. The molecule has 0 unspecified atom stereocenters. The Morgan fingerprint density at radius 1 is 1.21 bits per heavy atom. The SMILES string of the molecule is CC(=O)N[C@@]12CCN(C(=O)c3cc(-c4ccc(F)cc4)n(C)n3)C[C@@H]1CN(C)C2. The Morgan fingerprint density at radius 3 is 2.62 bits per heavy atom. The third-order valence-corrected chi connectivity index (χ3v) is 6.09. The van der Waals surface area contributed by atoms with Gasteiger partial charge in [-0.15, -0.1) is 0 Å². The summed E-state index contributed by atoms with van der Waals surface area (Å²) in [7, 11) is 3.82. The van der Waals surface area contributed by atoms with Gasteiger partial charge in [0, 0.05) is 46.1 Å². The van der Waals surface area contributed by atoms with Crippen LogP contribution in [0.15, 0.2) is 30.3 Å². The second kappa shape index (κ2) is 7.26. The zero-order valence-corrected chi connectivity index (χ0v) is 17.0. The van der Waals surface area contributed by atoms with E-state index in [0.29, 0.717) is 18.8 Å². The van der Waals surface area contributed by atoms with E-state index < -0.39 is 0 Å². The molecule has 2 atom stereocenters. The Balaban J connectivity index is 1.53. The van der Waals surface area contributed by atoms with Gasteiger partial charge >= 0.3 is 0 Å². The summed E-state index contributed by atoms with van der Waals surface area (Å²) < 4.78 is 14.9. The van der Waals surface area contributed by atoms with E-state index in [1.54, 1.807) is 36.9 Å². The molecule has 1 aromatic carbocycles. The summed E-state index contributed by atoms with van der Waals surface area (Å²) in [4.78, 5) is 28.9. The fourth-order valence-corrected chi connectivity index (χ4v) is 4.80. The largest absolute Gasteiger partial charge is 0.349 e.